The molecule has 2 amide bonds. The van der Waals surface area contributed by atoms with E-state index in [1.807, 2.05) is 0 Å². The van der Waals surface area contributed by atoms with Crippen LogP contribution in [0.4, 0.5) is 0 Å². The lowest BCUT2D eigenvalue weighted by molar-refractivity contribution is -0.139. The van der Waals surface area contributed by atoms with E-state index in [0.717, 1.165) is 5.71 Å². The summed E-state index contributed by atoms with van der Waals surface area (Å²) in [6, 6.07) is 0. The molecule has 84 valence electrons. The second-order valence-electron chi connectivity index (χ2n) is 3.61. The maximum atomic E-state index is 11.4. The van der Waals surface area contributed by atoms with Crippen molar-refractivity contribution in [2.45, 2.75) is 12.8 Å². The number of rotatable bonds is 3. The summed E-state index contributed by atoms with van der Waals surface area (Å²) in [5.74, 6) is -0.271. The van der Waals surface area contributed by atoms with Gasteiger partial charge in [-0.3, -0.25) is 9.59 Å². The van der Waals surface area contributed by atoms with Crippen LogP contribution in [0.5, 0.6) is 0 Å². The zero-order chi connectivity index (χ0) is 11.4. The van der Waals surface area contributed by atoms with Gasteiger partial charge in [0.25, 0.3) is 0 Å². The number of carbonyl (C=O) groups is 2. The summed E-state index contributed by atoms with van der Waals surface area (Å²) in [6.07, 6.45) is 0.985. The van der Waals surface area contributed by atoms with Crippen molar-refractivity contribution in [3.63, 3.8) is 0 Å². The Morgan fingerprint density at radius 2 is 2.20 bits per heavy atom. The maximum Gasteiger partial charge on any atom is 0.243 e. The van der Waals surface area contributed by atoms with Crippen LogP contribution in [0.1, 0.15) is 12.8 Å². The van der Waals surface area contributed by atoms with Crippen LogP contribution >= 0.6 is 0 Å². The molecule has 1 aliphatic rings. The van der Waals surface area contributed by atoms with Gasteiger partial charge in [-0.15, -0.1) is 0 Å². The quantitative estimate of drug-likeness (QED) is 0.652. The van der Waals surface area contributed by atoms with Gasteiger partial charge < -0.3 is 10.6 Å². The minimum Gasteiger partial charge on any atom is -0.347 e. The van der Waals surface area contributed by atoms with Gasteiger partial charge in [-0.25, -0.2) is 5.01 Å². The van der Waals surface area contributed by atoms with E-state index in [1.54, 1.807) is 14.1 Å². The number of hydrogen-bond donors (Lipinski definition) is 1. The third-order valence-corrected chi connectivity index (χ3v) is 2.20. The lowest BCUT2D eigenvalue weighted by Gasteiger charge is -2.23. The molecule has 0 bridgehead atoms. The molecule has 1 aliphatic heterocycles. The van der Waals surface area contributed by atoms with Gasteiger partial charge in [-0.2, -0.15) is 5.10 Å². The molecule has 15 heavy (non-hydrogen) atoms. The topological polar surface area (TPSA) is 79.0 Å². The zero-order valence-electron chi connectivity index (χ0n) is 9.06. The molecule has 0 aromatic rings. The average molecular weight is 212 g/mol. The third kappa shape index (κ3) is 3.02. The van der Waals surface area contributed by atoms with Crippen molar-refractivity contribution in [1.29, 1.82) is 0 Å². The Bertz CT molecular complexity index is 298. The van der Waals surface area contributed by atoms with Gasteiger partial charge in [0.15, 0.2) is 0 Å². The Morgan fingerprint density at radius 1 is 1.53 bits per heavy atom. The number of nitrogens with two attached hydrogens (primary N) is 1. The van der Waals surface area contributed by atoms with Crippen LogP contribution in [0.25, 0.3) is 0 Å². The molecular weight excluding hydrogens is 196 g/mol. The van der Waals surface area contributed by atoms with Gasteiger partial charge in [0.1, 0.15) is 6.54 Å². The molecular formula is C9H16N4O2. The highest BCUT2D eigenvalue weighted by atomic mass is 16.2. The number of hydrazone groups is 1. The van der Waals surface area contributed by atoms with Crippen LogP contribution in [0.15, 0.2) is 5.10 Å². The molecule has 0 unspecified atom stereocenters. The highest BCUT2D eigenvalue weighted by Crippen LogP contribution is 2.08. The summed E-state index contributed by atoms with van der Waals surface area (Å²) in [4.78, 5) is 24.2. The Hall–Kier alpha value is -1.43. The van der Waals surface area contributed by atoms with Crippen LogP contribution in [-0.2, 0) is 9.59 Å². The number of likely N-dealkylation sites (N-methyl/N-ethyl adjacent to an activating group) is 1. The molecule has 0 radical (unpaired) electrons. The molecule has 0 aliphatic carbocycles. The fourth-order valence-corrected chi connectivity index (χ4v) is 1.19. The summed E-state index contributed by atoms with van der Waals surface area (Å²) in [5, 5.41) is 5.23. The first-order chi connectivity index (χ1) is 7.04. The fraction of sp³-hybridized carbons (Fsp3) is 0.667. The van der Waals surface area contributed by atoms with E-state index in [0.29, 0.717) is 19.4 Å². The lowest BCUT2D eigenvalue weighted by atomic mass is 10.2. The van der Waals surface area contributed by atoms with Gasteiger partial charge in [0, 0.05) is 27.1 Å². The van der Waals surface area contributed by atoms with Crippen LogP contribution in [-0.4, -0.2) is 54.6 Å². The molecule has 6 nitrogen and oxygen atoms in total. The number of nitrogens with zero attached hydrogens (tertiary/aromatic N) is 3. The second kappa shape index (κ2) is 4.88. The third-order valence-electron chi connectivity index (χ3n) is 2.20. The Balaban J connectivity index is 2.66. The second-order valence-corrected chi connectivity index (χ2v) is 3.61. The summed E-state index contributed by atoms with van der Waals surface area (Å²) in [7, 11) is 3.29. The van der Waals surface area contributed by atoms with Gasteiger partial charge in [-0.1, -0.05) is 0 Å². The lowest BCUT2D eigenvalue weighted by Crippen LogP contribution is -2.40. The van der Waals surface area contributed by atoms with Crippen LogP contribution in [0, 0.1) is 0 Å². The fourth-order valence-electron chi connectivity index (χ4n) is 1.19. The van der Waals surface area contributed by atoms with Crippen molar-refractivity contribution in [1.82, 2.24) is 9.91 Å². The van der Waals surface area contributed by atoms with E-state index >= 15 is 0 Å². The smallest absolute Gasteiger partial charge is 0.243 e. The molecule has 0 aromatic carbocycles. The zero-order valence-corrected chi connectivity index (χ0v) is 9.06. The van der Waals surface area contributed by atoms with E-state index < -0.39 is 0 Å². The molecule has 6 heteroatoms. The molecule has 0 saturated carbocycles. The van der Waals surface area contributed by atoms with Crippen molar-refractivity contribution in [3.8, 4) is 0 Å². The number of amides is 2. The summed E-state index contributed by atoms with van der Waals surface area (Å²) in [5.41, 5.74) is 6.20. The van der Waals surface area contributed by atoms with E-state index in [4.69, 9.17) is 5.73 Å². The summed E-state index contributed by atoms with van der Waals surface area (Å²) in [6.45, 7) is 0.329. The maximum absolute atomic E-state index is 11.4. The first-order valence-electron chi connectivity index (χ1n) is 4.81. The monoisotopic (exact) mass is 212 g/mol. The Morgan fingerprint density at radius 3 is 2.73 bits per heavy atom. The Kier molecular flexibility index (Phi) is 3.79. The molecule has 0 saturated heterocycles. The standard InChI is InChI=1S/C9H16N4O2/c1-12(2)9(15)6-13-8(14)4-3-7(5-10)11-13/h3-6,10H2,1-2H3. The molecule has 0 atom stereocenters. The van der Waals surface area contributed by atoms with Gasteiger partial charge in [0.05, 0.1) is 5.71 Å². The van der Waals surface area contributed by atoms with Crippen LogP contribution in [0.3, 0.4) is 0 Å². The highest BCUT2D eigenvalue weighted by molar-refractivity contribution is 5.95. The summed E-state index contributed by atoms with van der Waals surface area (Å²) < 4.78 is 0. The first-order valence-corrected chi connectivity index (χ1v) is 4.81. The van der Waals surface area contributed by atoms with Crippen molar-refractivity contribution in [2.24, 2.45) is 10.8 Å². The molecule has 1 heterocycles. The average Bonchev–Trinajstić information content (AvgIpc) is 2.21. The van der Waals surface area contributed by atoms with Gasteiger partial charge >= 0.3 is 0 Å². The van der Waals surface area contributed by atoms with E-state index in [2.05, 4.69) is 5.10 Å². The van der Waals surface area contributed by atoms with Gasteiger partial charge in [0.2, 0.25) is 11.8 Å². The minimum absolute atomic E-state index is 0.00463. The SMILES string of the molecule is CN(C)C(=O)CN1N=C(CN)CCC1=O. The summed E-state index contributed by atoms with van der Waals surface area (Å²) >= 11 is 0. The highest BCUT2D eigenvalue weighted by Gasteiger charge is 2.22. The van der Waals surface area contributed by atoms with Gasteiger partial charge in [-0.05, 0) is 6.42 Å². The minimum atomic E-state index is -0.148. The van der Waals surface area contributed by atoms with Crippen molar-refractivity contribution < 1.29 is 9.59 Å². The number of carbonyl (C=O) groups excluding carboxylic acids is 2. The largest absolute Gasteiger partial charge is 0.347 e. The van der Waals surface area contributed by atoms with Crippen molar-refractivity contribution >= 4 is 17.5 Å². The molecule has 0 spiro atoms. The van der Waals surface area contributed by atoms with E-state index in [1.165, 1.54) is 9.91 Å². The van der Waals surface area contributed by atoms with Crippen molar-refractivity contribution in [3.05, 3.63) is 0 Å². The molecule has 0 fully saturated rings. The predicted molar refractivity (Wildman–Crippen MR) is 56.1 cm³/mol. The van der Waals surface area contributed by atoms with Crippen LogP contribution in [0.2, 0.25) is 0 Å². The molecule has 0 aromatic heterocycles. The van der Waals surface area contributed by atoms with E-state index in [-0.39, 0.29) is 18.4 Å². The molecule has 2 N–H and O–H groups in total. The first kappa shape index (κ1) is 11.6. The van der Waals surface area contributed by atoms with E-state index in [9.17, 15) is 9.59 Å². The van der Waals surface area contributed by atoms with Crippen LogP contribution < -0.4 is 5.73 Å². The number of hydrogen-bond acceptors (Lipinski definition) is 4. The normalized spacial score (nSPS) is 16.3. The predicted octanol–water partition coefficient (Wildman–Crippen LogP) is -0.988. The van der Waals surface area contributed by atoms with Crippen molar-refractivity contribution in [2.75, 3.05) is 27.2 Å². The molecule has 1 rings (SSSR count). The Labute approximate surface area is 88.7 Å².